The topological polar surface area (TPSA) is 72.5 Å². The minimum absolute atomic E-state index is 0.0738. The molecule has 8 heteroatoms. The Kier molecular flexibility index (Phi) is 7.26. The van der Waals surface area contributed by atoms with Gasteiger partial charge in [-0.1, -0.05) is 26.0 Å². The first kappa shape index (κ1) is 23.8. The van der Waals surface area contributed by atoms with E-state index in [9.17, 15) is 22.0 Å². The van der Waals surface area contributed by atoms with Gasteiger partial charge in [0.2, 0.25) is 10.0 Å². The SMILES string of the molecule is CCC1=CC(C)C(F)C=C1c1cc(C(=O)OC)ccc1CNS(=O)(=O)c1ccc(F)cc1. The van der Waals surface area contributed by atoms with Gasteiger partial charge in [-0.2, -0.15) is 0 Å². The van der Waals surface area contributed by atoms with Crippen LogP contribution in [0.3, 0.4) is 0 Å². The molecular formula is C24H25F2NO4S. The van der Waals surface area contributed by atoms with Crippen molar-refractivity contribution < 1.29 is 26.7 Å². The van der Waals surface area contributed by atoms with E-state index in [4.69, 9.17) is 4.74 Å². The lowest BCUT2D eigenvalue weighted by molar-refractivity contribution is 0.0600. The van der Waals surface area contributed by atoms with E-state index >= 15 is 0 Å². The first-order chi connectivity index (χ1) is 15.2. The number of esters is 1. The Labute approximate surface area is 186 Å². The van der Waals surface area contributed by atoms with Gasteiger partial charge < -0.3 is 4.74 Å². The van der Waals surface area contributed by atoms with Crippen LogP contribution in [0.1, 0.15) is 41.8 Å². The molecule has 0 amide bonds. The Morgan fingerprint density at radius 3 is 2.44 bits per heavy atom. The van der Waals surface area contributed by atoms with Crippen LogP contribution < -0.4 is 4.72 Å². The molecule has 1 aliphatic rings. The number of hydrogen-bond donors (Lipinski definition) is 1. The van der Waals surface area contributed by atoms with Gasteiger partial charge in [-0.15, -0.1) is 0 Å². The first-order valence-corrected chi connectivity index (χ1v) is 11.7. The maximum Gasteiger partial charge on any atom is 0.337 e. The number of allylic oxidation sites excluding steroid dienone is 4. The summed E-state index contributed by atoms with van der Waals surface area (Å²) in [5, 5.41) is 0. The number of alkyl halides is 1. The quantitative estimate of drug-likeness (QED) is 0.602. The number of carbonyl (C=O) groups is 1. The predicted molar refractivity (Wildman–Crippen MR) is 119 cm³/mol. The van der Waals surface area contributed by atoms with E-state index in [-0.39, 0.29) is 22.9 Å². The zero-order valence-corrected chi connectivity index (χ0v) is 18.9. The highest BCUT2D eigenvalue weighted by Crippen LogP contribution is 2.36. The summed E-state index contributed by atoms with van der Waals surface area (Å²) in [6, 6.07) is 9.23. The van der Waals surface area contributed by atoms with Crippen LogP contribution in [0.2, 0.25) is 0 Å². The third-order valence-corrected chi connectivity index (χ3v) is 6.83. The van der Waals surface area contributed by atoms with Crippen molar-refractivity contribution in [3.8, 4) is 0 Å². The van der Waals surface area contributed by atoms with Gasteiger partial charge in [0.25, 0.3) is 0 Å². The minimum atomic E-state index is -3.91. The summed E-state index contributed by atoms with van der Waals surface area (Å²) in [5.74, 6) is -1.37. The van der Waals surface area contributed by atoms with Gasteiger partial charge in [0.15, 0.2) is 0 Å². The highest BCUT2D eigenvalue weighted by atomic mass is 32.2. The average Bonchev–Trinajstić information content (AvgIpc) is 2.79. The fourth-order valence-corrected chi connectivity index (χ4v) is 4.59. The number of hydrogen-bond acceptors (Lipinski definition) is 4. The summed E-state index contributed by atoms with van der Waals surface area (Å²) >= 11 is 0. The van der Waals surface area contributed by atoms with Crippen LogP contribution >= 0.6 is 0 Å². The number of rotatable bonds is 7. The fraction of sp³-hybridized carbons (Fsp3) is 0.292. The molecule has 2 aromatic rings. The van der Waals surface area contributed by atoms with Gasteiger partial charge in [0, 0.05) is 12.5 Å². The standard InChI is InChI=1S/C24H25F2NO4S/c1-4-16-11-15(2)23(26)13-22(16)21-12-17(24(28)31-3)5-6-18(21)14-27-32(29,30)20-9-7-19(25)8-10-20/h5-13,15,23,27H,4,14H2,1-3H3. The van der Waals surface area contributed by atoms with Crippen molar-refractivity contribution in [1.82, 2.24) is 4.72 Å². The van der Waals surface area contributed by atoms with Crippen LogP contribution in [0.5, 0.6) is 0 Å². The molecule has 0 saturated heterocycles. The number of sulfonamides is 1. The average molecular weight is 462 g/mol. The summed E-state index contributed by atoms with van der Waals surface area (Å²) in [7, 11) is -2.64. The smallest absolute Gasteiger partial charge is 0.337 e. The summed E-state index contributed by atoms with van der Waals surface area (Å²) < 4.78 is 60.3. The number of nitrogens with one attached hydrogen (secondary N) is 1. The fourth-order valence-electron chi connectivity index (χ4n) is 3.58. The normalized spacial score (nSPS) is 18.7. The second-order valence-electron chi connectivity index (χ2n) is 7.57. The van der Waals surface area contributed by atoms with Crippen molar-refractivity contribution in [3.63, 3.8) is 0 Å². The number of carbonyl (C=O) groups excluding carboxylic acids is 1. The molecule has 2 unspecified atom stereocenters. The van der Waals surface area contributed by atoms with Crippen molar-refractivity contribution in [1.29, 1.82) is 0 Å². The lowest BCUT2D eigenvalue weighted by Gasteiger charge is -2.24. The van der Waals surface area contributed by atoms with Gasteiger partial charge in [-0.25, -0.2) is 26.7 Å². The highest BCUT2D eigenvalue weighted by Gasteiger charge is 2.24. The molecule has 1 N–H and O–H groups in total. The molecule has 32 heavy (non-hydrogen) atoms. The minimum Gasteiger partial charge on any atom is -0.465 e. The van der Waals surface area contributed by atoms with Gasteiger partial charge in [0.05, 0.1) is 17.6 Å². The summed E-state index contributed by atoms with van der Waals surface area (Å²) in [4.78, 5) is 12.0. The Morgan fingerprint density at radius 2 is 1.81 bits per heavy atom. The summed E-state index contributed by atoms with van der Waals surface area (Å²) in [6.45, 7) is 3.64. The van der Waals surface area contributed by atoms with Crippen LogP contribution in [0.25, 0.3) is 5.57 Å². The van der Waals surface area contributed by atoms with Crippen LogP contribution in [0, 0.1) is 11.7 Å². The van der Waals surface area contributed by atoms with E-state index in [1.54, 1.807) is 19.1 Å². The van der Waals surface area contributed by atoms with Gasteiger partial charge in [-0.3, -0.25) is 0 Å². The first-order valence-electron chi connectivity index (χ1n) is 10.2. The van der Waals surface area contributed by atoms with E-state index in [1.165, 1.54) is 31.4 Å². The van der Waals surface area contributed by atoms with Crippen LogP contribution in [-0.4, -0.2) is 27.7 Å². The van der Waals surface area contributed by atoms with Crippen molar-refractivity contribution in [2.45, 2.75) is 37.9 Å². The van der Waals surface area contributed by atoms with Crippen molar-refractivity contribution in [3.05, 3.63) is 82.7 Å². The summed E-state index contributed by atoms with van der Waals surface area (Å²) in [6.07, 6.45) is 2.81. The molecule has 0 aromatic heterocycles. The summed E-state index contributed by atoms with van der Waals surface area (Å²) in [5.41, 5.74) is 2.93. The maximum atomic E-state index is 14.6. The Balaban J connectivity index is 2.01. The molecule has 3 rings (SSSR count). The largest absolute Gasteiger partial charge is 0.465 e. The van der Waals surface area contributed by atoms with Gasteiger partial charge in [0.1, 0.15) is 12.0 Å². The zero-order valence-electron chi connectivity index (χ0n) is 18.1. The van der Waals surface area contributed by atoms with E-state index < -0.39 is 28.0 Å². The second kappa shape index (κ2) is 9.75. The third-order valence-electron chi connectivity index (χ3n) is 5.42. The molecule has 0 radical (unpaired) electrons. The Morgan fingerprint density at radius 1 is 1.12 bits per heavy atom. The molecule has 2 aromatic carbocycles. The number of benzene rings is 2. The van der Waals surface area contributed by atoms with Crippen LogP contribution in [0.15, 0.2) is 65.1 Å². The molecule has 1 aliphatic carbocycles. The van der Waals surface area contributed by atoms with Crippen molar-refractivity contribution in [2.75, 3.05) is 7.11 Å². The van der Waals surface area contributed by atoms with Gasteiger partial charge in [-0.05, 0) is 71.2 Å². The van der Waals surface area contributed by atoms with Crippen LogP contribution in [0.4, 0.5) is 8.78 Å². The highest BCUT2D eigenvalue weighted by molar-refractivity contribution is 7.89. The number of ether oxygens (including phenoxy) is 1. The zero-order chi connectivity index (χ0) is 23.5. The number of halogens is 2. The van der Waals surface area contributed by atoms with Crippen molar-refractivity contribution >= 4 is 21.6 Å². The van der Waals surface area contributed by atoms with E-state index in [0.29, 0.717) is 23.1 Å². The Hall–Kier alpha value is -2.84. The Bertz CT molecular complexity index is 1170. The molecule has 2 atom stereocenters. The second-order valence-corrected chi connectivity index (χ2v) is 9.34. The molecule has 0 heterocycles. The van der Waals surface area contributed by atoms with Crippen LogP contribution in [-0.2, 0) is 21.3 Å². The van der Waals surface area contributed by atoms with E-state index in [2.05, 4.69) is 4.72 Å². The monoisotopic (exact) mass is 461 g/mol. The molecule has 0 spiro atoms. The number of methoxy groups -OCH3 is 1. The maximum absolute atomic E-state index is 14.6. The lowest BCUT2D eigenvalue weighted by atomic mass is 9.83. The molecule has 0 fully saturated rings. The molecule has 0 aliphatic heterocycles. The van der Waals surface area contributed by atoms with E-state index in [0.717, 1.165) is 17.7 Å². The molecule has 5 nitrogen and oxygen atoms in total. The van der Waals surface area contributed by atoms with Gasteiger partial charge >= 0.3 is 5.97 Å². The third kappa shape index (κ3) is 5.14. The molecule has 0 saturated carbocycles. The molecular weight excluding hydrogens is 436 g/mol. The van der Waals surface area contributed by atoms with E-state index in [1.807, 2.05) is 13.0 Å². The lowest BCUT2D eigenvalue weighted by Crippen LogP contribution is -2.24. The molecule has 170 valence electrons. The predicted octanol–water partition coefficient (Wildman–Crippen LogP) is 4.80. The van der Waals surface area contributed by atoms with Crippen molar-refractivity contribution in [2.24, 2.45) is 5.92 Å². The molecule has 0 bridgehead atoms.